The van der Waals surface area contributed by atoms with Crippen LogP contribution in [0.1, 0.15) is 10.4 Å². The quantitative estimate of drug-likeness (QED) is 0.779. The van der Waals surface area contributed by atoms with Gasteiger partial charge in [0.15, 0.2) is 0 Å². The van der Waals surface area contributed by atoms with Crippen LogP contribution in [0.2, 0.25) is 0 Å². The first-order chi connectivity index (χ1) is 9.54. The van der Waals surface area contributed by atoms with Gasteiger partial charge in [0, 0.05) is 18.0 Å². The number of carboxylic acid groups (broad SMARTS) is 1. The molecule has 2 aromatic heterocycles. The third-order valence-electron chi connectivity index (χ3n) is 2.91. The number of pyridine rings is 1. The number of fused-ring (bicyclic) bond motifs is 1. The Balaban J connectivity index is 2.12. The fourth-order valence-electron chi connectivity index (χ4n) is 1.91. The standard InChI is InChI=1S/C14H8BrFN2O2/c15-10-5-8(1-3-11(10)16)12-7-18-6-9(14(19)20)2-4-13(18)17-12/h1-7H,(H,19,20). The number of halogens is 2. The molecule has 3 rings (SSSR count). The molecule has 0 fully saturated rings. The molecule has 0 saturated heterocycles. The Kier molecular flexibility index (Phi) is 3.02. The molecule has 20 heavy (non-hydrogen) atoms. The summed E-state index contributed by atoms with van der Waals surface area (Å²) in [5.41, 5.74) is 2.21. The highest BCUT2D eigenvalue weighted by Gasteiger charge is 2.09. The Bertz CT molecular complexity index is 829. The molecule has 0 spiro atoms. The van der Waals surface area contributed by atoms with E-state index in [0.717, 1.165) is 5.56 Å². The Morgan fingerprint density at radius 2 is 2.05 bits per heavy atom. The summed E-state index contributed by atoms with van der Waals surface area (Å²) in [5.74, 6) is -1.34. The van der Waals surface area contributed by atoms with Gasteiger partial charge >= 0.3 is 5.97 Å². The Hall–Kier alpha value is -2.21. The first-order valence-electron chi connectivity index (χ1n) is 5.72. The van der Waals surface area contributed by atoms with Gasteiger partial charge in [-0.05, 0) is 46.3 Å². The summed E-state index contributed by atoms with van der Waals surface area (Å²) < 4.78 is 15.2. The summed E-state index contributed by atoms with van der Waals surface area (Å²) in [4.78, 5) is 15.3. The van der Waals surface area contributed by atoms with Crippen molar-refractivity contribution in [3.05, 3.63) is 58.6 Å². The number of nitrogens with zero attached hydrogens (tertiary/aromatic N) is 2. The molecule has 1 aromatic carbocycles. The summed E-state index contributed by atoms with van der Waals surface area (Å²) in [6, 6.07) is 7.74. The largest absolute Gasteiger partial charge is 0.478 e. The zero-order valence-corrected chi connectivity index (χ0v) is 11.6. The summed E-state index contributed by atoms with van der Waals surface area (Å²) >= 11 is 3.13. The lowest BCUT2D eigenvalue weighted by Crippen LogP contribution is -1.97. The molecule has 0 saturated carbocycles. The minimum atomic E-state index is -0.994. The van der Waals surface area contributed by atoms with Crippen LogP contribution in [0.3, 0.4) is 0 Å². The van der Waals surface area contributed by atoms with Gasteiger partial charge in [-0.1, -0.05) is 0 Å². The van der Waals surface area contributed by atoms with Crippen LogP contribution in [0.5, 0.6) is 0 Å². The fraction of sp³-hybridized carbons (Fsp3) is 0. The van der Waals surface area contributed by atoms with Crippen LogP contribution in [-0.2, 0) is 0 Å². The lowest BCUT2D eigenvalue weighted by atomic mass is 10.2. The van der Waals surface area contributed by atoms with Gasteiger partial charge in [-0.15, -0.1) is 0 Å². The Morgan fingerprint density at radius 1 is 1.25 bits per heavy atom. The second-order valence-electron chi connectivity index (χ2n) is 4.24. The molecule has 0 aliphatic carbocycles. The van der Waals surface area contributed by atoms with Crippen LogP contribution in [0.15, 0.2) is 47.2 Å². The van der Waals surface area contributed by atoms with Gasteiger partial charge in [-0.25, -0.2) is 14.2 Å². The van der Waals surface area contributed by atoms with Gasteiger partial charge in [0.1, 0.15) is 11.5 Å². The number of aromatic carboxylic acids is 1. The molecular weight excluding hydrogens is 327 g/mol. The van der Waals surface area contributed by atoms with E-state index in [0.29, 0.717) is 15.8 Å². The number of imidazole rings is 1. The van der Waals surface area contributed by atoms with E-state index in [-0.39, 0.29) is 11.4 Å². The molecule has 0 aliphatic rings. The van der Waals surface area contributed by atoms with Crippen molar-refractivity contribution in [3.8, 4) is 11.3 Å². The number of rotatable bonds is 2. The normalized spacial score (nSPS) is 10.9. The molecule has 0 radical (unpaired) electrons. The van der Waals surface area contributed by atoms with E-state index in [1.807, 2.05) is 0 Å². The van der Waals surface area contributed by atoms with Gasteiger partial charge in [-0.2, -0.15) is 0 Å². The van der Waals surface area contributed by atoms with E-state index in [9.17, 15) is 9.18 Å². The third kappa shape index (κ3) is 2.18. The summed E-state index contributed by atoms with van der Waals surface area (Å²) in [5, 5.41) is 8.95. The van der Waals surface area contributed by atoms with Crippen LogP contribution < -0.4 is 0 Å². The summed E-state index contributed by atoms with van der Waals surface area (Å²) in [6.45, 7) is 0. The zero-order valence-electron chi connectivity index (χ0n) is 10.0. The maximum Gasteiger partial charge on any atom is 0.337 e. The molecule has 100 valence electrons. The molecule has 4 nitrogen and oxygen atoms in total. The van der Waals surface area contributed by atoms with E-state index >= 15 is 0 Å². The highest BCUT2D eigenvalue weighted by Crippen LogP contribution is 2.25. The minimum absolute atomic E-state index is 0.182. The van der Waals surface area contributed by atoms with Crippen molar-refractivity contribution in [2.45, 2.75) is 0 Å². The van der Waals surface area contributed by atoms with Gasteiger partial charge in [-0.3, -0.25) is 0 Å². The summed E-state index contributed by atoms with van der Waals surface area (Å²) in [6.07, 6.45) is 3.20. The number of hydrogen-bond acceptors (Lipinski definition) is 2. The number of aromatic nitrogens is 2. The molecular formula is C14H8BrFN2O2. The molecule has 1 N–H and O–H groups in total. The Morgan fingerprint density at radius 3 is 2.75 bits per heavy atom. The predicted octanol–water partition coefficient (Wildman–Crippen LogP) is 3.60. The zero-order chi connectivity index (χ0) is 14.3. The van der Waals surface area contributed by atoms with E-state index in [4.69, 9.17) is 5.11 Å². The lowest BCUT2D eigenvalue weighted by molar-refractivity contribution is 0.0696. The monoisotopic (exact) mass is 334 g/mol. The molecule has 0 atom stereocenters. The van der Waals surface area contributed by atoms with Gasteiger partial charge in [0.05, 0.1) is 15.7 Å². The van der Waals surface area contributed by atoms with Crippen molar-refractivity contribution < 1.29 is 14.3 Å². The maximum absolute atomic E-state index is 13.2. The Labute approximate surface area is 121 Å². The van der Waals surface area contributed by atoms with Crippen molar-refractivity contribution in [1.29, 1.82) is 0 Å². The predicted molar refractivity (Wildman–Crippen MR) is 75.2 cm³/mol. The van der Waals surface area contributed by atoms with Gasteiger partial charge in [0.25, 0.3) is 0 Å². The fourth-order valence-corrected chi connectivity index (χ4v) is 2.29. The van der Waals surface area contributed by atoms with Crippen LogP contribution >= 0.6 is 15.9 Å². The van der Waals surface area contributed by atoms with E-state index in [1.165, 1.54) is 18.3 Å². The second kappa shape index (κ2) is 4.72. The van der Waals surface area contributed by atoms with Crippen LogP contribution in [0, 0.1) is 5.82 Å². The van der Waals surface area contributed by atoms with E-state index < -0.39 is 5.97 Å². The number of hydrogen-bond donors (Lipinski definition) is 1. The average Bonchev–Trinajstić information content (AvgIpc) is 2.84. The van der Waals surface area contributed by atoms with Crippen molar-refractivity contribution in [3.63, 3.8) is 0 Å². The first kappa shape index (κ1) is 12.8. The highest BCUT2D eigenvalue weighted by molar-refractivity contribution is 9.10. The van der Waals surface area contributed by atoms with Crippen LogP contribution in [-0.4, -0.2) is 20.5 Å². The SMILES string of the molecule is O=C(O)c1ccc2nc(-c3ccc(F)c(Br)c3)cn2c1. The van der Waals surface area contributed by atoms with E-state index in [1.54, 1.807) is 28.8 Å². The molecule has 3 aromatic rings. The molecule has 2 heterocycles. The highest BCUT2D eigenvalue weighted by atomic mass is 79.9. The van der Waals surface area contributed by atoms with Crippen molar-refractivity contribution in [2.75, 3.05) is 0 Å². The molecule has 0 amide bonds. The smallest absolute Gasteiger partial charge is 0.337 e. The van der Waals surface area contributed by atoms with Crippen LogP contribution in [0.25, 0.3) is 16.9 Å². The maximum atomic E-state index is 13.2. The van der Waals surface area contributed by atoms with Crippen molar-refractivity contribution in [1.82, 2.24) is 9.38 Å². The molecule has 0 aliphatic heterocycles. The number of carbonyl (C=O) groups is 1. The van der Waals surface area contributed by atoms with Crippen molar-refractivity contribution in [2.24, 2.45) is 0 Å². The summed E-state index contributed by atoms with van der Waals surface area (Å²) in [7, 11) is 0. The van der Waals surface area contributed by atoms with Gasteiger partial charge < -0.3 is 9.51 Å². The topological polar surface area (TPSA) is 54.6 Å². The molecule has 0 unspecified atom stereocenters. The lowest BCUT2D eigenvalue weighted by Gasteiger charge is -1.98. The second-order valence-corrected chi connectivity index (χ2v) is 5.10. The molecule has 0 bridgehead atoms. The average molecular weight is 335 g/mol. The van der Waals surface area contributed by atoms with Crippen LogP contribution in [0.4, 0.5) is 4.39 Å². The minimum Gasteiger partial charge on any atom is -0.478 e. The van der Waals surface area contributed by atoms with Crippen molar-refractivity contribution >= 4 is 27.5 Å². The first-order valence-corrected chi connectivity index (χ1v) is 6.51. The third-order valence-corrected chi connectivity index (χ3v) is 3.52. The van der Waals surface area contributed by atoms with Gasteiger partial charge in [0.2, 0.25) is 0 Å². The number of benzene rings is 1. The molecule has 6 heteroatoms. The number of carboxylic acids is 1. The van der Waals surface area contributed by atoms with E-state index in [2.05, 4.69) is 20.9 Å².